The van der Waals surface area contributed by atoms with Gasteiger partial charge >= 0.3 is 0 Å². The first-order valence-electron chi connectivity index (χ1n) is 6.56. The molecule has 1 fully saturated rings. The van der Waals surface area contributed by atoms with Gasteiger partial charge in [-0.25, -0.2) is 4.39 Å². The van der Waals surface area contributed by atoms with E-state index in [4.69, 9.17) is 5.73 Å². The maximum absolute atomic E-state index is 13.1. The van der Waals surface area contributed by atoms with Gasteiger partial charge in [-0.3, -0.25) is 4.79 Å². The molecule has 0 saturated carbocycles. The molecule has 1 atom stereocenters. The van der Waals surface area contributed by atoms with Crippen LogP contribution in [0.5, 0.6) is 0 Å². The van der Waals surface area contributed by atoms with Crippen molar-refractivity contribution < 1.29 is 9.18 Å². The van der Waals surface area contributed by atoms with Crippen molar-refractivity contribution >= 4 is 28.5 Å². The lowest BCUT2D eigenvalue weighted by atomic mass is 9.94. The van der Waals surface area contributed by atoms with Crippen molar-refractivity contribution in [2.75, 3.05) is 19.6 Å². The summed E-state index contributed by atoms with van der Waals surface area (Å²) in [4.78, 5) is 14.3. The van der Waals surface area contributed by atoms with E-state index in [2.05, 4.69) is 0 Å². The van der Waals surface area contributed by atoms with E-state index in [1.165, 1.54) is 12.1 Å². The Labute approximate surface area is 126 Å². The third kappa shape index (κ3) is 3.66. The van der Waals surface area contributed by atoms with Crippen molar-refractivity contribution in [2.45, 2.75) is 19.3 Å². The smallest absolute Gasteiger partial charge is 0.254 e. The van der Waals surface area contributed by atoms with Crippen LogP contribution in [0.2, 0.25) is 0 Å². The van der Waals surface area contributed by atoms with Gasteiger partial charge in [0.1, 0.15) is 5.82 Å². The second kappa shape index (κ2) is 6.65. The molecule has 0 aliphatic carbocycles. The van der Waals surface area contributed by atoms with Gasteiger partial charge in [0.2, 0.25) is 0 Å². The summed E-state index contributed by atoms with van der Waals surface area (Å²) in [5.74, 6) is 0.201. The normalized spacial score (nSPS) is 19.5. The lowest BCUT2D eigenvalue weighted by Crippen LogP contribution is -2.40. The van der Waals surface area contributed by atoms with Crippen LogP contribution in [0.3, 0.4) is 0 Å². The first kappa shape index (κ1) is 14.7. The molecule has 1 aliphatic rings. The van der Waals surface area contributed by atoms with E-state index in [0.717, 1.165) is 32.4 Å². The molecule has 2 rings (SSSR count). The number of amides is 1. The van der Waals surface area contributed by atoms with Crippen LogP contribution in [0.4, 0.5) is 4.39 Å². The van der Waals surface area contributed by atoms with E-state index < -0.39 is 0 Å². The van der Waals surface area contributed by atoms with Gasteiger partial charge in [-0.05, 0) is 72.5 Å². The standard InChI is InChI=1S/C14H18FIN2O/c15-11-3-4-12(13(16)8-11)14(19)18-7-1-2-10(9-18)5-6-17/h3-4,8,10H,1-2,5-7,9,17H2. The molecule has 5 heteroatoms. The molecule has 19 heavy (non-hydrogen) atoms. The maximum Gasteiger partial charge on any atom is 0.254 e. The minimum atomic E-state index is -0.305. The molecule has 1 saturated heterocycles. The molecule has 0 aromatic heterocycles. The van der Waals surface area contributed by atoms with Crippen LogP contribution >= 0.6 is 22.6 Å². The van der Waals surface area contributed by atoms with Crippen LogP contribution < -0.4 is 5.73 Å². The quantitative estimate of drug-likeness (QED) is 0.825. The van der Waals surface area contributed by atoms with E-state index in [1.807, 2.05) is 27.5 Å². The Morgan fingerprint density at radius 2 is 2.32 bits per heavy atom. The fourth-order valence-electron chi connectivity index (χ4n) is 2.55. The molecular weight excluding hydrogens is 358 g/mol. The van der Waals surface area contributed by atoms with E-state index >= 15 is 0 Å². The van der Waals surface area contributed by atoms with Crippen molar-refractivity contribution in [1.29, 1.82) is 0 Å². The minimum Gasteiger partial charge on any atom is -0.338 e. The summed E-state index contributed by atoms with van der Waals surface area (Å²) in [5.41, 5.74) is 6.18. The van der Waals surface area contributed by atoms with Crippen LogP contribution in [-0.4, -0.2) is 30.4 Å². The van der Waals surface area contributed by atoms with Crippen LogP contribution in [0, 0.1) is 15.3 Å². The molecule has 3 nitrogen and oxygen atoms in total. The van der Waals surface area contributed by atoms with Crippen molar-refractivity contribution in [3.8, 4) is 0 Å². The van der Waals surface area contributed by atoms with Gasteiger partial charge in [-0.15, -0.1) is 0 Å². The number of carbonyl (C=O) groups is 1. The van der Waals surface area contributed by atoms with Crippen LogP contribution in [0.25, 0.3) is 0 Å². The average Bonchev–Trinajstić information content (AvgIpc) is 2.39. The van der Waals surface area contributed by atoms with Gasteiger partial charge in [0.15, 0.2) is 0 Å². The third-order valence-corrected chi connectivity index (χ3v) is 4.44. The van der Waals surface area contributed by atoms with Crippen LogP contribution in [0.15, 0.2) is 18.2 Å². The SMILES string of the molecule is NCCC1CCCN(C(=O)c2ccc(F)cc2I)C1. The Hall–Kier alpha value is -0.690. The third-order valence-electron chi connectivity index (χ3n) is 3.54. The second-order valence-corrected chi connectivity index (χ2v) is 6.12. The Morgan fingerprint density at radius 1 is 1.53 bits per heavy atom. The molecular formula is C14H18FIN2O. The zero-order chi connectivity index (χ0) is 13.8. The van der Waals surface area contributed by atoms with Crippen molar-refractivity contribution in [3.63, 3.8) is 0 Å². The summed E-state index contributed by atoms with van der Waals surface area (Å²) in [6.45, 7) is 2.22. The topological polar surface area (TPSA) is 46.3 Å². The zero-order valence-corrected chi connectivity index (χ0v) is 12.9. The number of nitrogens with zero attached hydrogens (tertiary/aromatic N) is 1. The largest absolute Gasteiger partial charge is 0.338 e. The van der Waals surface area contributed by atoms with E-state index in [0.29, 0.717) is 21.6 Å². The first-order chi connectivity index (χ1) is 9.11. The summed E-state index contributed by atoms with van der Waals surface area (Å²) in [6.07, 6.45) is 3.12. The van der Waals surface area contributed by atoms with Gasteiger partial charge in [-0.1, -0.05) is 0 Å². The van der Waals surface area contributed by atoms with Gasteiger partial charge in [-0.2, -0.15) is 0 Å². The minimum absolute atomic E-state index is 0.00567. The molecule has 1 unspecified atom stereocenters. The average molecular weight is 376 g/mol. The van der Waals surface area contributed by atoms with Crippen molar-refractivity contribution in [2.24, 2.45) is 11.7 Å². The highest BCUT2D eigenvalue weighted by atomic mass is 127. The molecule has 1 aromatic rings. The zero-order valence-electron chi connectivity index (χ0n) is 10.7. The van der Waals surface area contributed by atoms with Gasteiger partial charge in [0.25, 0.3) is 5.91 Å². The molecule has 1 aliphatic heterocycles. The van der Waals surface area contributed by atoms with E-state index in [9.17, 15) is 9.18 Å². The molecule has 104 valence electrons. The summed E-state index contributed by atoms with van der Waals surface area (Å²) >= 11 is 2.01. The Bertz CT molecular complexity index is 465. The van der Waals surface area contributed by atoms with Gasteiger partial charge < -0.3 is 10.6 Å². The molecule has 1 aromatic carbocycles. The van der Waals surface area contributed by atoms with Crippen molar-refractivity contribution in [1.82, 2.24) is 4.90 Å². The summed E-state index contributed by atoms with van der Waals surface area (Å²) in [6, 6.07) is 4.32. The Morgan fingerprint density at radius 3 is 3.00 bits per heavy atom. The van der Waals surface area contributed by atoms with Crippen LogP contribution in [-0.2, 0) is 0 Å². The Balaban J connectivity index is 2.10. The number of halogens is 2. The molecule has 1 amide bonds. The second-order valence-electron chi connectivity index (χ2n) is 4.96. The number of benzene rings is 1. The number of hydrogen-bond acceptors (Lipinski definition) is 2. The number of likely N-dealkylation sites (tertiary alicyclic amines) is 1. The van der Waals surface area contributed by atoms with Gasteiger partial charge in [0.05, 0.1) is 5.56 Å². The fraction of sp³-hybridized carbons (Fsp3) is 0.500. The molecule has 0 bridgehead atoms. The number of piperidine rings is 1. The molecule has 2 N–H and O–H groups in total. The van der Waals surface area contributed by atoms with E-state index in [1.54, 1.807) is 6.07 Å². The highest BCUT2D eigenvalue weighted by Gasteiger charge is 2.25. The number of nitrogens with two attached hydrogens (primary N) is 1. The Kier molecular flexibility index (Phi) is 5.15. The monoisotopic (exact) mass is 376 g/mol. The van der Waals surface area contributed by atoms with Gasteiger partial charge in [0, 0.05) is 16.7 Å². The maximum atomic E-state index is 13.1. The summed E-state index contributed by atoms with van der Waals surface area (Å²) < 4.78 is 13.7. The number of hydrogen-bond donors (Lipinski definition) is 1. The fourth-order valence-corrected chi connectivity index (χ4v) is 3.26. The predicted octanol–water partition coefficient (Wildman–Crippen LogP) is 2.63. The number of rotatable bonds is 3. The van der Waals surface area contributed by atoms with E-state index in [-0.39, 0.29) is 11.7 Å². The van der Waals surface area contributed by atoms with Crippen LogP contribution in [0.1, 0.15) is 29.6 Å². The molecule has 0 radical (unpaired) electrons. The summed E-state index contributed by atoms with van der Waals surface area (Å²) in [7, 11) is 0. The number of carbonyl (C=O) groups excluding carboxylic acids is 1. The molecule has 0 spiro atoms. The summed E-state index contributed by atoms with van der Waals surface area (Å²) in [5, 5.41) is 0. The highest BCUT2D eigenvalue weighted by Crippen LogP contribution is 2.22. The lowest BCUT2D eigenvalue weighted by molar-refractivity contribution is 0.0668. The first-order valence-corrected chi connectivity index (χ1v) is 7.64. The van der Waals surface area contributed by atoms with Crippen molar-refractivity contribution in [3.05, 3.63) is 33.1 Å². The molecule has 1 heterocycles. The highest BCUT2D eigenvalue weighted by molar-refractivity contribution is 14.1. The predicted molar refractivity (Wildman–Crippen MR) is 81.4 cm³/mol. The lowest BCUT2D eigenvalue weighted by Gasteiger charge is -2.33.